The van der Waals surface area contributed by atoms with Crippen molar-refractivity contribution in [3.63, 3.8) is 0 Å². The molecule has 0 saturated heterocycles. The minimum Gasteiger partial charge on any atom is -0.497 e. The van der Waals surface area contributed by atoms with Crippen LogP contribution in [0.4, 0.5) is 5.69 Å². The van der Waals surface area contributed by atoms with Crippen LogP contribution in [0.2, 0.25) is 10.0 Å². The lowest BCUT2D eigenvalue weighted by Crippen LogP contribution is -2.33. The fourth-order valence-electron chi connectivity index (χ4n) is 2.94. The van der Waals surface area contributed by atoms with Crippen molar-refractivity contribution in [1.82, 2.24) is 0 Å². The number of anilines is 1. The number of hydrogen-bond donors (Lipinski definition) is 0. The second-order valence-corrected chi connectivity index (χ2v) is 8.88. The maximum Gasteiger partial charge on any atom is 0.264 e. The summed E-state index contributed by atoms with van der Waals surface area (Å²) in [6.45, 7) is 1.82. The second-order valence-electron chi connectivity index (χ2n) is 6.19. The van der Waals surface area contributed by atoms with Crippen LogP contribution in [-0.2, 0) is 10.0 Å². The van der Waals surface area contributed by atoms with Crippen LogP contribution in [0.25, 0.3) is 0 Å². The van der Waals surface area contributed by atoms with Gasteiger partial charge in [0.15, 0.2) is 0 Å². The summed E-state index contributed by atoms with van der Waals surface area (Å²) < 4.78 is 33.7. The Morgan fingerprint density at radius 2 is 1.57 bits per heavy atom. The van der Waals surface area contributed by atoms with E-state index >= 15 is 0 Å². The zero-order valence-electron chi connectivity index (χ0n) is 15.3. The second kappa shape index (κ2) is 8.43. The van der Waals surface area contributed by atoms with Crippen molar-refractivity contribution >= 4 is 38.9 Å². The smallest absolute Gasteiger partial charge is 0.264 e. The summed E-state index contributed by atoms with van der Waals surface area (Å²) in [4.78, 5) is 0.145. The van der Waals surface area contributed by atoms with Crippen molar-refractivity contribution in [2.45, 2.75) is 17.9 Å². The summed E-state index contributed by atoms with van der Waals surface area (Å²) >= 11 is 12.1. The average Bonchev–Trinajstić information content (AvgIpc) is 2.68. The lowest BCUT2D eigenvalue weighted by Gasteiger charge is -2.31. The summed E-state index contributed by atoms with van der Waals surface area (Å²) in [5.74, 6) is 0.652. The third-order valence-corrected chi connectivity index (χ3v) is 6.76. The molecule has 0 spiro atoms. The van der Waals surface area contributed by atoms with Gasteiger partial charge in [0.1, 0.15) is 5.75 Å². The molecule has 146 valence electrons. The van der Waals surface area contributed by atoms with Gasteiger partial charge < -0.3 is 4.74 Å². The lowest BCUT2D eigenvalue weighted by atomic mass is 10.1. The van der Waals surface area contributed by atoms with Gasteiger partial charge in [-0.2, -0.15) is 0 Å². The van der Waals surface area contributed by atoms with Gasteiger partial charge >= 0.3 is 0 Å². The highest BCUT2D eigenvalue weighted by Crippen LogP contribution is 2.35. The molecule has 1 atom stereocenters. The number of halogens is 2. The summed E-state index contributed by atoms with van der Waals surface area (Å²) in [5, 5.41) is 0.917. The maximum absolute atomic E-state index is 13.5. The van der Waals surface area contributed by atoms with Gasteiger partial charge in [-0.1, -0.05) is 41.4 Å². The molecule has 0 N–H and O–H groups in total. The van der Waals surface area contributed by atoms with Gasteiger partial charge in [0, 0.05) is 10.0 Å². The summed E-state index contributed by atoms with van der Waals surface area (Å²) in [7, 11) is -2.31. The van der Waals surface area contributed by atoms with Crippen molar-refractivity contribution in [3.8, 4) is 5.75 Å². The molecule has 0 saturated carbocycles. The molecule has 3 rings (SSSR count). The standard InChI is InChI=1S/C21H19Cl2NO3S/c1-15(16-5-3-8-20(13-16)27-2)24(19-7-4-6-18(23)14-19)28(25,26)21-11-9-17(22)10-12-21/h3-15H,1-2H3. The first-order chi connectivity index (χ1) is 13.3. The van der Waals surface area contributed by atoms with Crippen LogP contribution in [-0.4, -0.2) is 15.5 Å². The normalized spacial score (nSPS) is 12.4. The minimum absolute atomic E-state index is 0.145. The molecule has 3 aromatic rings. The van der Waals surface area contributed by atoms with E-state index in [0.29, 0.717) is 21.5 Å². The van der Waals surface area contributed by atoms with E-state index in [1.54, 1.807) is 43.5 Å². The first kappa shape index (κ1) is 20.5. The SMILES string of the molecule is COc1cccc(C(C)N(c2cccc(Cl)c2)S(=O)(=O)c2ccc(Cl)cc2)c1. The lowest BCUT2D eigenvalue weighted by molar-refractivity contribution is 0.414. The Bertz CT molecular complexity index is 1070. The molecule has 0 bridgehead atoms. The maximum atomic E-state index is 13.5. The Morgan fingerprint density at radius 3 is 2.21 bits per heavy atom. The Morgan fingerprint density at radius 1 is 0.893 bits per heavy atom. The van der Waals surface area contributed by atoms with Crippen LogP contribution in [0.3, 0.4) is 0 Å². The van der Waals surface area contributed by atoms with Crippen molar-refractivity contribution < 1.29 is 13.2 Å². The first-order valence-corrected chi connectivity index (χ1v) is 10.7. The zero-order chi connectivity index (χ0) is 20.3. The molecule has 0 fully saturated rings. The van der Waals surface area contributed by atoms with Crippen LogP contribution in [0.5, 0.6) is 5.75 Å². The zero-order valence-corrected chi connectivity index (χ0v) is 17.7. The van der Waals surface area contributed by atoms with Crippen LogP contribution in [0.15, 0.2) is 77.7 Å². The molecule has 28 heavy (non-hydrogen) atoms. The number of benzene rings is 3. The molecule has 0 aliphatic heterocycles. The predicted molar refractivity (Wildman–Crippen MR) is 114 cm³/mol. The minimum atomic E-state index is -3.88. The van der Waals surface area contributed by atoms with E-state index < -0.39 is 16.1 Å². The number of nitrogens with zero attached hydrogens (tertiary/aromatic N) is 1. The largest absolute Gasteiger partial charge is 0.497 e. The van der Waals surface area contributed by atoms with Crippen molar-refractivity contribution in [3.05, 3.63) is 88.4 Å². The molecule has 0 aliphatic carbocycles. The van der Waals surface area contributed by atoms with Gasteiger partial charge in [-0.3, -0.25) is 4.31 Å². The van der Waals surface area contributed by atoms with E-state index in [9.17, 15) is 8.42 Å². The van der Waals surface area contributed by atoms with Gasteiger partial charge in [0.2, 0.25) is 0 Å². The Kier molecular flexibility index (Phi) is 6.18. The molecule has 0 heterocycles. The first-order valence-electron chi connectivity index (χ1n) is 8.52. The molecule has 3 aromatic carbocycles. The summed E-state index contributed by atoms with van der Waals surface area (Å²) in [6.07, 6.45) is 0. The Hall–Kier alpha value is -2.21. The third-order valence-electron chi connectivity index (χ3n) is 4.36. The molecule has 7 heteroatoms. The van der Waals surface area contributed by atoms with E-state index in [1.807, 2.05) is 31.2 Å². The van der Waals surface area contributed by atoms with Crippen LogP contribution in [0, 0.1) is 0 Å². The fourth-order valence-corrected chi connectivity index (χ4v) is 4.89. The monoisotopic (exact) mass is 435 g/mol. The highest BCUT2D eigenvalue weighted by atomic mass is 35.5. The molecule has 0 aliphatic rings. The highest BCUT2D eigenvalue weighted by molar-refractivity contribution is 7.92. The Labute approximate surface area is 175 Å². The molecular weight excluding hydrogens is 417 g/mol. The van der Waals surface area contributed by atoms with E-state index in [2.05, 4.69) is 0 Å². The van der Waals surface area contributed by atoms with Crippen molar-refractivity contribution in [2.24, 2.45) is 0 Å². The number of rotatable bonds is 6. The molecular formula is C21H19Cl2NO3S. The van der Waals surface area contributed by atoms with Gasteiger partial charge in [0.25, 0.3) is 10.0 Å². The van der Waals surface area contributed by atoms with Crippen LogP contribution < -0.4 is 9.04 Å². The quantitative estimate of drug-likeness (QED) is 0.479. The Balaban J connectivity index is 2.15. The van der Waals surface area contributed by atoms with E-state index in [4.69, 9.17) is 27.9 Å². The molecule has 0 radical (unpaired) electrons. The summed E-state index contributed by atoms with van der Waals surface area (Å²) in [5.41, 5.74) is 1.26. The van der Waals surface area contributed by atoms with Crippen molar-refractivity contribution in [1.29, 1.82) is 0 Å². The average molecular weight is 436 g/mol. The van der Waals surface area contributed by atoms with E-state index in [0.717, 1.165) is 5.56 Å². The van der Waals surface area contributed by atoms with Crippen LogP contribution >= 0.6 is 23.2 Å². The van der Waals surface area contributed by atoms with Gasteiger partial charge in [-0.25, -0.2) is 8.42 Å². The molecule has 0 aromatic heterocycles. The van der Waals surface area contributed by atoms with E-state index in [-0.39, 0.29) is 4.90 Å². The van der Waals surface area contributed by atoms with Crippen molar-refractivity contribution in [2.75, 3.05) is 11.4 Å². The van der Waals surface area contributed by atoms with Gasteiger partial charge in [0.05, 0.1) is 23.7 Å². The predicted octanol–water partition coefficient (Wildman–Crippen LogP) is 5.96. The number of sulfonamides is 1. The third kappa shape index (κ3) is 4.27. The van der Waals surface area contributed by atoms with Gasteiger partial charge in [-0.05, 0) is 67.1 Å². The van der Waals surface area contributed by atoms with Gasteiger partial charge in [-0.15, -0.1) is 0 Å². The molecule has 1 unspecified atom stereocenters. The number of hydrogen-bond acceptors (Lipinski definition) is 3. The summed E-state index contributed by atoms with van der Waals surface area (Å²) in [6, 6.07) is 19.7. The molecule has 4 nitrogen and oxygen atoms in total. The number of methoxy groups -OCH3 is 1. The highest BCUT2D eigenvalue weighted by Gasteiger charge is 2.30. The van der Waals surface area contributed by atoms with Crippen LogP contribution in [0.1, 0.15) is 18.5 Å². The molecule has 0 amide bonds. The number of ether oxygens (including phenoxy) is 1. The van der Waals surface area contributed by atoms with E-state index in [1.165, 1.54) is 16.4 Å². The fraction of sp³-hybridized carbons (Fsp3) is 0.143. The topological polar surface area (TPSA) is 46.6 Å².